The largest absolute Gasteiger partial charge is 0.507 e. The fourth-order valence-electron chi connectivity index (χ4n) is 1.48. The van der Waals surface area contributed by atoms with Gasteiger partial charge in [-0.3, -0.25) is 0 Å². The number of aromatic hydroxyl groups is 1. The van der Waals surface area contributed by atoms with E-state index in [1.54, 1.807) is 11.3 Å². The summed E-state index contributed by atoms with van der Waals surface area (Å²) in [6, 6.07) is 6.02. The molecule has 0 radical (unpaired) electrons. The van der Waals surface area contributed by atoms with Gasteiger partial charge in [0.15, 0.2) is 0 Å². The Hall–Kier alpha value is -1.02. The molecule has 0 spiro atoms. The Morgan fingerprint density at radius 1 is 1.31 bits per heavy atom. The molecule has 1 N–H and O–H groups in total. The predicted octanol–water partition coefficient (Wildman–Crippen LogP) is 3.48. The molecule has 0 fully saturated rings. The van der Waals surface area contributed by atoms with Crippen molar-refractivity contribution >= 4 is 21.4 Å². The van der Waals surface area contributed by atoms with Gasteiger partial charge in [0.25, 0.3) is 0 Å². The zero-order chi connectivity index (χ0) is 9.42. The lowest BCUT2D eigenvalue weighted by molar-refractivity contribution is 0.481. The highest BCUT2D eigenvalue weighted by molar-refractivity contribution is 7.19. The van der Waals surface area contributed by atoms with E-state index in [9.17, 15) is 5.11 Å². The zero-order valence-corrected chi connectivity index (χ0v) is 8.61. The molecule has 0 aliphatic carbocycles. The summed E-state index contributed by atoms with van der Waals surface area (Å²) in [5.74, 6) is 0.408. The van der Waals surface area contributed by atoms with Gasteiger partial charge in [0, 0.05) is 15.0 Å². The van der Waals surface area contributed by atoms with Crippen molar-refractivity contribution in [2.24, 2.45) is 0 Å². The number of rotatable bonds is 1. The van der Waals surface area contributed by atoms with Crippen molar-refractivity contribution in [3.05, 3.63) is 28.6 Å². The first-order chi connectivity index (χ1) is 6.20. The Kier molecular flexibility index (Phi) is 2.00. The third-order valence-electron chi connectivity index (χ3n) is 2.16. The number of benzene rings is 1. The molecule has 1 aromatic heterocycles. The van der Waals surface area contributed by atoms with Crippen LogP contribution in [-0.2, 0) is 6.42 Å². The molecular weight excluding hydrogens is 180 g/mol. The number of fused-ring (bicyclic) bond motifs is 1. The predicted molar refractivity (Wildman–Crippen MR) is 57.6 cm³/mol. The summed E-state index contributed by atoms with van der Waals surface area (Å²) in [7, 11) is 0. The van der Waals surface area contributed by atoms with Crippen molar-refractivity contribution in [2.45, 2.75) is 20.3 Å². The van der Waals surface area contributed by atoms with E-state index in [2.05, 4.69) is 19.1 Å². The average Bonchev–Trinajstić information content (AvgIpc) is 2.47. The second-order valence-electron chi connectivity index (χ2n) is 3.26. The molecule has 0 bridgehead atoms. The van der Waals surface area contributed by atoms with Crippen LogP contribution in [0.5, 0.6) is 5.75 Å². The molecule has 0 amide bonds. The maximum Gasteiger partial charge on any atom is 0.124 e. The van der Waals surface area contributed by atoms with E-state index in [0.29, 0.717) is 5.75 Å². The molecule has 68 valence electrons. The van der Waals surface area contributed by atoms with Gasteiger partial charge in [-0.25, -0.2) is 0 Å². The minimum atomic E-state index is 0.408. The molecule has 2 aromatic rings. The number of hydrogen-bond acceptors (Lipinski definition) is 2. The Bertz CT molecular complexity index is 443. The summed E-state index contributed by atoms with van der Waals surface area (Å²) < 4.78 is 1.19. The summed E-state index contributed by atoms with van der Waals surface area (Å²) in [6.07, 6.45) is 1.04. The fraction of sp³-hybridized carbons (Fsp3) is 0.273. The monoisotopic (exact) mass is 192 g/mol. The van der Waals surface area contributed by atoms with Crippen molar-refractivity contribution in [3.8, 4) is 5.75 Å². The summed E-state index contributed by atoms with van der Waals surface area (Å²) in [4.78, 5) is 1.33. The van der Waals surface area contributed by atoms with Crippen LogP contribution in [0.3, 0.4) is 0 Å². The molecule has 2 heteroatoms. The van der Waals surface area contributed by atoms with Crippen LogP contribution in [0.2, 0.25) is 0 Å². The van der Waals surface area contributed by atoms with Crippen molar-refractivity contribution in [1.82, 2.24) is 0 Å². The number of aryl methyl sites for hydroxylation is 2. The maximum atomic E-state index is 9.67. The van der Waals surface area contributed by atoms with E-state index >= 15 is 0 Å². The lowest BCUT2D eigenvalue weighted by Gasteiger charge is -1.96. The van der Waals surface area contributed by atoms with Gasteiger partial charge < -0.3 is 5.11 Å². The van der Waals surface area contributed by atoms with Crippen molar-refractivity contribution < 1.29 is 5.11 Å². The van der Waals surface area contributed by atoms with Gasteiger partial charge in [-0.05, 0) is 37.1 Å². The van der Waals surface area contributed by atoms with Gasteiger partial charge in [0.1, 0.15) is 5.75 Å². The third-order valence-corrected chi connectivity index (χ3v) is 3.39. The SMILES string of the molecule is CCc1cc2c(O)cc(C)cc2s1. The van der Waals surface area contributed by atoms with Crippen LogP contribution in [0.4, 0.5) is 0 Å². The maximum absolute atomic E-state index is 9.67. The van der Waals surface area contributed by atoms with E-state index in [1.807, 2.05) is 13.0 Å². The van der Waals surface area contributed by atoms with Crippen LogP contribution in [-0.4, -0.2) is 5.11 Å². The Morgan fingerprint density at radius 2 is 2.08 bits per heavy atom. The topological polar surface area (TPSA) is 20.2 Å². The van der Waals surface area contributed by atoms with Crippen molar-refractivity contribution in [2.75, 3.05) is 0 Å². The second kappa shape index (κ2) is 3.04. The first kappa shape index (κ1) is 8.57. The van der Waals surface area contributed by atoms with Gasteiger partial charge in [-0.1, -0.05) is 6.92 Å². The smallest absolute Gasteiger partial charge is 0.124 e. The normalized spacial score (nSPS) is 10.9. The van der Waals surface area contributed by atoms with E-state index in [-0.39, 0.29) is 0 Å². The highest BCUT2D eigenvalue weighted by Crippen LogP contribution is 2.33. The Morgan fingerprint density at radius 3 is 2.77 bits per heavy atom. The molecule has 1 nitrogen and oxygen atoms in total. The highest BCUT2D eigenvalue weighted by Gasteiger charge is 2.04. The van der Waals surface area contributed by atoms with Crippen LogP contribution in [0.25, 0.3) is 10.1 Å². The van der Waals surface area contributed by atoms with Crippen LogP contribution < -0.4 is 0 Å². The molecule has 2 rings (SSSR count). The van der Waals surface area contributed by atoms with Crippen molar-refractivity contribution in [3.63, 3.8) is 0 Å². The molecule has 13 heavy (non-hydrogen) atoms. The quantitative estimate of drug-likeness (QED) is 0.733. The summed E-state index contributed by atoms with van der Waals surface area (Å²) in [5, 5.41) is 10.7. The minimum Gasteiger partial charge on any atom is -0.507 e. The van der Waals surface area contributed by atoms with E-state index in [1.165, 1.54) is 9.58 Å². The molecule has 0 unspecified atom stereocenters. The van der Waals surface area contributed by atoms with Gasteiger partial charge in [0.2, 0.25) is 0 Å². The fourth-order valence-corrected chi connectivity index (χ4v) is 2.60. The molecule has 0 aliphatic rings. The molecule has 0 saturated carbocycles. The lowest BCUT2D eigenvalue weighted by Crippen LogP contribution is -1.71. The number of phenolic OH excluding ortho intramolecular Hbond substituents is 1. The third kappa shape index (κ3) is 1.42. The molecule has 0 saturated heterocycles. The molecule has 0 aliphatic heterocycles. The number of phenols is 1. The Balaban J connectivity index is 2.75. The first-order valence-corrected chi connectivity index (χ1v) is 5.24. The van der Waals surface area contributed by atoms with Crippen LogP contribution in [0.1, 0.15) is 17.4 Å². The molecule has 1 aromatic carbocycles. The van der Waals surface area contributed by atoms with Gasteiger partial charge in [0.05, 0.1) is 0 Å². The average molecular weight is 192 g/mol. The minimum absolute atomic E-state index is 0.408. The van der Waals surface area contributed by atoms with Crippen LogP contribution in [0.15, 0.2) is 18.2 Å². The molecular formula is C11H12OS. The van der Waals surface area contributed by atoms with Gasteiger partial charge in [-0.15, -0.1) is 11.3 Å². The zero-order valence-electron chi connectivity index (χ0n) is 7.79. The number of hydrogen-bond donors (Lipinski definition) is 1. The second-order valence-corrected chi connectivity index (χ2v) is 4.43. The summed E-state index contributed by atoms with van der Waals surface area (Å²) >= 11 is 1.77. The van der Waals surface area contributed by atoms with E-state index in [4.69, 9.17) is 0 Å². The van der Waals surface area contributed by atoms with Crippen molar-refractivity contribution in [1.29, 1.82) is 0 Å². The van der Waals surface area contributed by atoms with Gasteiger partial charge in [-0.2, -0.15) is 0 Å². The molecule has 1 heterocycles. The molecule has 0 atom stereocenters. The highest BCUT2D eigenvalue weighted by atomic mass is 32.1. The standard InChI is InChI=1S/C11H12OS/c1-3-8-6-9-10(12)4-7(2)5-11(9)13-8/h4-6,12H,3H2,1-2H3. The van der Waals surface area contributed by atoms with E-state index in [0.717, 1.165) is 17.4 Å². The van der Waals surface area contributed by atoms with Crippen LogP contribution in [0, 0.1) is 6.92 Å². The lowest BCUT2D eigenvalue weighted by atomic mass is 10.1. The number of thiophene rings is 1. The first-order valence-electron chi connectivity index (χ1n) is 4.42. The summed E-state index contributed by atoms with van der Waals surface area (Å²) in [6.45, 7) is 4.14. The van der Waals surface area contributed by atoms with E-state index < -0.39 is 0 Å². The van der Waals surface area contributed by atoms with Gasteiger partial charge >= 0.3 is 0 Å². The Labute approximate surface area is 81.6 Å². The van der Waals surface area contributed by atoms with Crippen LogP contribution >= 0.6 is 11.3 Å². The summed E-state index contributed by atoms with van der Waals surface area (Å²) in [5.41, 5.74) is 1.12.